The van der Waals surface area contributed by atoms with Gasteiger partial charge in [0, 0.05) is 10.9 Å². The first-order chi connectivity index (χ1) is 14.8. The van der Waals surface area contributed by atoms with Crippen molar-refractivity contribution in [3.05, 3.63) is 77.2 Å². The first-order valence-electron chi connectivity index (χ1n) is 9.19. The summed E-state index contributed by atoms with van der Waals surface area (Å²) in [5.74, 6) is -0.964. The van der Waals surface area contributed by atoms with Gasteiger partial charge in [0.25, 0.3) is 5.91 Å². The molecule has 3 rings (SSSR count). The highest BCUT2D eigenvalue weighted by molar-refractivity contribution is 7.91. The molecule has 10 heteroatoms. The number of carbonyl (C=O) groups is 2. The third kappa shape index (κ3) is 5.69. The van der Waals surface area contributed by atoms with Crippen molar-refractivity contribution in [3.63, 3.8) is 0 Å². The number of sulfonamides is 1. The van der Waals surface area contributed by atoms with Crippen LogP contribution in [0, 0.1) is 0 Å². The molecule has 1 aromatic heterocycles. The Hall–Kier alpha value is -3.21. The molecule has 1 heterocycles. The molecule has 1 atom stereocenters. The third-order valence-electron chi connectivity index (χ3n) is 4.10. The molecule has 8 nitrogen and oxygen atoms in total. The second-order valence-corrected chi connectivity index (χ2v) is 9.01. The molecular weight excluding hydrogens is 440 g/mol. The Morgan fingerprint density at radius 2 is 1.77 bits per heavy atom. The Labute approximate surface area is 183 Å². The van der Waals surface area contributed by atoms with Gasteiger partial charge in [-0.15, -0.1) is 11.3 Å². The van der Waals surface area contributed by atoms with Gasteiger partial charge in [-0.25, -0.2) is 18.4 Å². The molecule has 0 bridgehead atoms. The summed E-state index contributed by atoms with van der Waals surface area (Å²) >= 11 is 0.795. The molecule has 1 unspecified atom stereocenters. The minimum absolute atomic E-state index is 0.0162. The van der Waals surface area contributed by atoms with E-state index in [4.69, 9.17) is 14.6 Å². The van der Waals surface area contributed by atoms with E-state index in [2.05, 4.69) is 5.32 Å². The maximum atomic E-state index is 13.0. The van der Waals surface area contributed by atoms with E-state index in [0.29, 0.717) is 23.6 Å². The van der Waals surface area contributed by atoms with Crippen molar-refractivity contribution in [1.29, 1.82) is 0 Å². The second-order valence-electron chi connectivity index (χ2n) is 6.31. The lowest BCUT2D eigenvalue weighted by Crippen LogP contribution is -2.26. The van der Waals surface area contributed by atoms with Gasteiger partial charge in [0.2, 0.25) is 16.1 Å². The fourth-order valence-corrected chi connectivity index (χ4v) is 4.27. The van der Waals surface area contributed by atoms with Crippen LogP contribution >= 0.6 is 11.3 Å². The number of para-hydroxylation sites is 2. The largest absolute Gasteiger partial charge is 0.492 e. The highest BCUT2D eigenvalue weighted by atomic mass is 32.2. The summed E-state index contributed by atoms with van der Waals surface area (Å²) in [6.07, 6.45) is -1.28. The Morgan fingerprint density at radius 3 is 2.42 bits per heavy atom. The van der Waals surface area contributed by atoms with Crippen LogP contribution in [0.5, 0.6) is 5.75 Å². The molecule has 0 aliphatic heterocycles. The van der Waals surface area contributed by atoms with E-state index in [-0.39, 0.29) is 9.77 Å². The minimum atomic E-state index is -3.95. The predicted molar refractivity (Wildman–Crippen MR) is 117 cm³/mol. The topological polar surface area (TPSA) is 125 Å². The van der Waals surface area contributed by atoms with Crippen molar-refractivity contribution in [2.24, 2.45) is 5.14 Å². The Balaban J connectivity index is 1.86. The van der Waals surface area contributed by atoms with E-state index in [1.165, 1.54) is 5.38 Å². The molecule has 0 fully saturated rings. The number of ether oxygens (including phenoxy) is 2. The van der Waals surface area contributed by atoms with E-state index in [1.54, 1.807) is 54.6 Å². The number of nitrogens with two attached hydrogens (primary N) is 1. The molecular formula is C21H20N2O6S2. The molecule has 2 aromatic carbocycles. The molecule has 162 valence electrons. The zero-order valence-corrected chi connectivity index (χ0v) is 18.1. The lowest BCUT2D eigenvalue weighted by atomic mass is 10.1. The van der Waals surface area contributed by atoms with Crippen molar-refractivity contribution in [3.8, 4) is 5.75 Å². The van der Waals surface area contributed by atoms with Crippen LogP contribution in [0.1, 0.15) is 28.9 Å². The highest BCUT2D eigenvalue weighted by Gasteiger charge is 2.27. The number of hydrogen-bond acceptors (Lipinski definition) is 7. The molecule has 3 aromatic rings. The van der Waals surface area contributed by atoms with Gasteiger partial charge in [-0.05, 0) is 25.1 Å². The normalized spacial score (nSPS) is 12.1. The quantitative estimate of drug-likeness (QED) is 0.497. The van der Waals surface area contributed by atoms with E-state index in [1.807, 2.05) is 6.92 Å². The summed E-state index contributed by atoms with van der Waals surface area (Å²) in [5, 5.41) is 9.13. The monoisotopic (exact) mass is 460 g/mol. The van der Waals surface area contributed by atoms with Gasteiger partial charge in [-0.1, -0.05) is 42.5 Å². The lowest BCUT2D eigenvalue weighted by Gasteiger charge is -2.19. The molecule has 0 saturated carbocycles. The van der Waals surface area contributed by atoms with Crippen LogP contribution in [0.15, 0.2) is 70.3 Å². The molecule has 0 aliphatic rings. The number of amides is 1. The molecule has 0 spiro atoms. The number of esters is 1. The Morgan fingerprint density at radius 1 is 1.10 bits per heavy atom. The number of nitrogens with one attached hydrogen (secondary N) is 1. The number of anilines is 1. The number of hydrogen-bond donors (Lipinski definition) is 2. The standard InChI is InChI=1S/C21H20N2O6S2/c1-2-28-17-11-7-6-10-16(17)23-20(24)19(14-8-4-3-5-9-14)29-21(25)15-12-18(30-13-15)31(22,26)27/h3-13,19H,2H2,1H3,(H,23,24)(H2,22,26,27). The molecule has 31 heavy (non-hydrogen) atoms. The number of carbonyl (C=O) groups excluding carboxylic acids is 2. The van der Waals surface area contributed by atoms with Crippen molar-refractivity contribution < 1.29 is 27.5 Å². The number of benzene rings is 2. The van der Waals surface area contributed by atoms with Gasteiger partial charge in [0.1, 0.15) is 9.96 Å². The Bertz CT molecular complexity index is 1180. The summed E-state index contributed by atoms with van der Waals surface area (Å²) in [6.45, 7) is 2.23. The van der Waals surface area contributed by atoms with Crippen molar-refractivity contribution >= 4 is 38.9 Å². The maximum Gasteiger partial charge on any atom is 0.340 e. The molecule has 0 radical (unpaired) electrons. The van der Waals surface area contributed by atoms with Gasteiger partial charge in [-0.3, -0.25) is 4.79 Å². The van der Waals surface area contributed by atoms with Gasteiger partial charge >= 0.3 is 5.97 Å². The predicted octanol–water partition coefficient (Wildman–Crippen LogP) is 3.33. The van der Waals surface area contributed by atoms with Crippen molar-refractivity contribution in [2.45, 2.75) is 17.2 Å². The van der Waals surface area contributed by atoms with Gasteiger partial charge in [0.05, 0.1) is 17.9 Å². The lowest BCUT2D eigenvalue weighted by molar-refractivity contribution is -0.125. The van der Waals surface area contributed by atoms with Crippen LogP contribution in [-0.2, 0) is 19.6 Å². The van der Waals surface area contributed by atoms with Crippen molar-refractivity contribution in [2.75, 3.05) is 11.9 Å². The van der Waals surface area contributed by atoms with E-state index in [0.717, 1.165) is 17.4 Å². The van der Waals surface area contributed by atoms with E-state index >= 15 is 0 Å². The SMILES string of the molecule is CCOc1ccccc1NC(=O)C(OC(=O)c1csc(S(N)(=O)=O)c1)c1ccccc1. The van der Waals surface area contributed by atoms with Gasteiger partial charge in [0.15, 0.2) is 0 Å². The molecule has 1 amide bonds. The average Bonchev–Trinajstić information content (AvgIpc) is 3.25. The molecule has 0 aliphatic carbocycles. The molecule has 3 N–H and O–H groups in total. The fourth-order valence-electron chi connectivity index (χ4n) is 2.70. The third-order valence-corrected chi connectivity index (χ3v) is 6.49. The zero-order chi connectivity index (χ0) is 22.4. The first kappa shape index (κ1) is 22.5. The van der Waals surface area contributed by atoms with Gasteiger partial charge < -0.3 is 14.8 Å². The van der Waals surface area contributed by atoms with Crippen LogP contribution in [-0.4, -0.2) is 26.9 Å². The smallest absolute Gasteiger partial charge is 0.340 e. The van der Waals surface area contributed by atoms with E-state index < -0.39 is 28.0 Å². The summed E-state index contributed by atoms with van der Waals surface area (Å²) in [7, 11) is -3.95. The second kappa shape index (κ2) is 9.73. The number of primary sulfonamides is 1. The summed E-state index contributed by atoms with van der Waals surface area (Å²) < 4.78 is 33.7. The van der Waals surface area contributed by atoms with Crippen molar-refractivity contribution in [1.82, 2.24) is 0 Å². The first-order valence-corrected chi connectivity index (χ1v) is 11.6. The van der Waals surface area contributed by atoms with Crippen LogP contribution in [0.3, 0.4) is 0 Å². The number of thiophene rings is 1. The van der Waals surface area contributed by atoms with Crippen LogP contribution in [0.4, 0.5) is 5.69 Å². The maximum absolute atomic E-state index is 13.0. The van der Waals surface area contributed by atoms with Gasteiger partial charge in [-0.2, -0.15) is 0 Å². The van der Waals surface area contributed by atoms with Crippen LogP contribution < -0.4 is 15.2 Å². The molecule has 0 saturated heterocycles. The summed E-state index contributed by atoms with van der Waals surface area (Å²) in [6, 6.07) is 16.5. The van der Waals surface area contributed by atoms with Crippen LogP contribution in [0.2, 0.25) is 0 Å². The van der Waals surface area contributed by atoms with E-state index in [9.17, 15) is 18.0 Å². The Kier molecular flexibility index (Phi) is 7.06. The minimum Gasteiger partial charge on any atom is -0.492 e. The fraction of sp³-hybridized carbons (Fsp3) is 0.143. The highest BCUT2D eigenvalue weighted by Crippen LogP contribution is 2.28. The zero-order valence-electron chi connectivity index (χ0n) is 16.5. The van der Waals surface area contributed by atoms with Crippen LogP contribution in [0.25, 0.3) is 0 Å². The summed E-state index contributed by atoms with van der Waals surface area (Å²) in [5.41, 5.74) is 0.861. The average molecular weight is 461 g/mol. The summed E-state index contributed by atoms with van der Waals surface area (Å²) in [4.78, 5) is 25.7. The number of rotatable bonds is 8.